The SMILES string of the molecule is CC1CC(C(=O)NC2CCc3nnnn3CC2)CC(C)(C)C1. The van der Waals surface area contributed by atoms with E-state index in [4.69, 9.17) is 0 Å². The summed E-state index contributed by atoms with van der Waals surface area (Å²) in [6.45, 7) is 7.63. The molecule has 1 aliphatic carbocycles. The van der Waals surface area contributed by atoms with Crippen LogP contribution in [0.2, 0.25) is 0 Å². The first-order valence-electron chi connectivity index (χ1n) is 8.48. The van der Waals surface area contributed by atoms with Crippen LogP contribution in [0.3, 0.4) is 0 Å². The molecule has 0 saturated heterocycles. The van der Waals surface area contributed by atoms with Gasteiger partial charge in [-0.1, -0.05) is 20.8 Å². The Morgan fingerprint density at radius 2 is 2.14 bits per heavy atom. The van der Waals surface area contributed by atoms with Crippen LogP contribution in [-0.4, -0.2) is 32.2 Å². The molecule has 3 atom stereocenters. The van der Waals surface area contributed by atoms with Crippen LogP contribution in [0.5, 0.6) is 0 Å². The topological polar surface area (TPSA) is 72.7 Å². The Hall–Kier alpha value is -1.46. The fourth-order valence-electron chi connectivity index (χ4n) is 4.31. The molecule has 1 saturated carbocycles. The Kier molecular flexibility index (Phi) is 4.19. The number of amides is 1. The average molecular weight is 305 g/mol. The maximum Gasteiger partial charge on any atom is 0.223 e. The van der Waals surface area contributed by atoms with E-state index in [2.05, 4.69) is 41.6 Å². The van der Waals surface area contributed by atoms with Gasteiger partial charge in [0.15, 0.2) is 5.82 Å². The number of fused-ring (bicyclic) bond motifs is 1. The number of tetrazole rings is 1. The van der Waals surface area contributed by atoms with Crippen molar-refractivity contribution in [2.24, 2.45) is 17.3 Å². The maximum atomic E-state index is 12.7. The standard InChI is InChI=1S/C16H27N5O/c1-11-8-12(10-16(2,3)9-11)15(22)17-13-4-5-14-18-19-20-21(14)7-6-13/h11-13H,4-10H2,1-3H3,(H,17,22). The predicted octanol–water partition coefficient (Wildman–Crippen LogP) is 1.96. The number of nitrogens with zero attached hydrogens (tertiary/aromatic N) is 4. The molecule has 0 spiro atoms. The molecule has 2 heterocycles. The fraction of sp³-hybridized carbons (Fsp3) is 0.875. The molecule has 0 bridgehead atoms. The van der Waals surface area contributed by atoms with E-state index in [1.807, 2.05) is 4.68 Å². The van der Waals surface area contributed by atoms with Crippen LogP contribution in [0.1, 0.15) is 58.7 Å². The second-order valence-electron chi connectivity index (χ2n) is 7.96. The quantitative estimate of drug-likeness (QED) is 0.906. The van der Waals surface area contributed by atoms with Crippen molar-refractivity contribution in [1.29, 1.82) is 0 Å². The van der Waals surface area contributed by atoms with Crippen molar-refractivity contribution in [3.8, 4) is 0 Å². The zero-order valence-corrected chi connectivity index (χ0v) is 13.9. The molecule has 122 valence electrons. The summed E-state index contributed by atoms with van der Waals surface area (Å²) in [4.78, 5) is 12.7. The number of hydrogen-bond acceptors (Lipinski definition) is 4. The average Bonchev–Trinajstić information content (AvgIpc) is 2.79. The molecule has 1 amide bonds. The molecule has 0 radical (unpaired) electrons. The fourth-order valence-corrected chi connectivity index (χ4v) is 4.31. The maximum absolute atomic E-state index is 12.7. The highest BCUT2D eigenvalue weighted by atomic mass is 16.1. The van der Waals surface area contributed by atoms with Gasteiger partial charge in [0.25, 0.3) is 0 Å². The van der Waals surface area contributed by atoms with Gasteiger partial charge in [-0.25, -0.2) is 4.68 Å². The molecule has 6 nitrogen and oxygen atoms in total. The summed E-state index contributed by atoms with van der Waals surface area (Å²) in [6.07, 6.45) is 5.93. The molecular formula is C16H27N5O. The van der Waals surface area contributed by atoms with Crippen LogP contribution in [0, 0.1) is 17.3 Å². The van der Waals surface area contributed by atoms with Crippen molar-refractivity contribution in [3.63, 3.8) is 0 Å². The first-order chi connectivity index (χ1) is 10.4. The van der Waals surface area contributed by atoms with Gasteiger partial charge in [-0.05, 0) is 53.9 Å². The van der Waals surface area contributed by atoms with Gasteiger partial charge in [0.2, 0.25) is 5.91 Å². The van der Waals surface area contributed by atoms with E-state index in [0.717, 1.165) is 44.5 Å². The zero-order valence-electron chi connectivity index (χ0n) is 13.9. The minimum absolute atomic E-state index is 0.166. The van der Waals surface area contributed by atoms with Crippen LogP contribution >= 0.6 is 0 Å². The predicted molar refractivity (Wildman–Crippen MR) is 83.0 cm³/mol. The summed E-state index contributed by atoms with van der Waals surface area (Å²) in [5, 5.41) is 15.0. The largest absolute Gasteiger partial charge is 0.353 e. The third-order valence-electron chi connectivity index (χ3n) is 5.12. The van der Waals surface area contributed by atoms with Crippen LogP contribution in [0.4, 0.5) is 0 Å². The second-order valence-corrected chi connectivity index (χ2v) is 7.96. The summed E-state index contributed by atoms with van der Waals surface area (Å²) in [6, 6.07) is 0.233. The highest BCUT2D eigenvalue weighted by Crippen LogP contribution is 2.41. The normalized spacial score (nSPS) is 31.1. The number of carbonyl (C=O) groups is 1. The lowest BCUT2D eigenvalue weighted by Crippen LogP contribution is -2.43. The molecule has 3 rings (SSSR count). The van der Waals surface area contributed by atoms with Crippen molar-refractivity contribution in [3.05, 3.63) is 5.82 Å². The minimum Gasteiger partial charge on any atom is -0.353 e. The minimum atomic E-state index is 0.166. The van der Waals surface area contributed by atoms with Crippen molar-refractivity contribution >= 4 is 5.91 Å². The Morgan fingerprint density at radius 1 is 1.32 bits per heavy atom. The Bertz CT molecular complexity index is 516. The molecule has 0 aromatic carbocycles. The van der Waals surface area contributed by atoms with Gasteiger partial charge in [-0.3, -0.25) is 4.79 Å². The molecule has 2 aliphatic rings. The number of aryl methyl sites for hydroxylation is 2. The van der Waals surface area contributed by atoms with Crippen LogP contribution in [-0.2, 0) is 17.8 Å². The number of carbonyl (C=O) groups excluding carboxylic acids is 1. The molecule has 6 heteroatoms. The Balaban J connectivity index is 1.57. The zero-order chi connectivity index (χ0) is 15.7. The smallest absolute Gasteiger partial charge is 0.223 e. The lowest BCUT2D eigenvalue weighted by atomic mass is 9.68. The van der Waals surface area contributed by atoms with E-state index in [1.165, 1.54) is 6.42 Å². The molecule has 1 N–H and O–H groups in total. The lowest BCUT2D eigenvalue weighted by Gasteiger charge is -2.38. The van der Waals surface area contributed by atoms with Gasteiger partial charge in [0, 0.05) is 24.9 Å². The van der Waals surface area contributed by atoms with E-state index in [1.54, 1.807) is 0 Å². The van der Waals surface area contributed by atoms with Crippen molar-refractivity contribution in [1.82, 2.24) is 25.5 Å². The van der Waals surface area contributed by atoms with E-state index >= 15 is 0 Å². The summed E-state index contributed by atoms with van der Waals surface area (Å²) in [7, 11) is 0. The molecule has 1 fully saturated rings. The van der Waals surface area contributed by atoms with E-state index in [0.29, 0.717) is 5.92 Å². The van der Waals surface area contributed by atoms with Crippen molar-refractivity contribution < 1.29 is 4.79 Å². The molecular weight excluding hydrogens is 278 g/mol. The number of aromatic nitrogens is 4. The third-order valence-corrected chi connectivity index (χ3v) is 5.12. The van der Waals surface area contributed by atoms with E-state index in [-0.39, 0.29) is 23.3 Å². The first kappa shape index (κ1) is 15.4. The third kappa shape index (κ3) is 3.47. The van der Waals surface area contributed by atoms with Gasteiger partial charge in [-0.15, -0.1) is 5.10 Å². The van der Waals surface area contributed by atoms with Gasteiger partial charge in [0.1, 0.15) is 0 Å². The van der Waals surface area contributed by atoms with Gasteiger partial charge < -0.3 is 5.32 Å². The Labute approximate surface area is 132 Å². The molecule has 3 unspecified atom stereocenters. The van der Waals surface area contributed by atoms with Crippen molar-refractivity contribution in [2.75, 3.05) is 0 Å². The summed E-state index contributed by atoms with van der Waals surface area (Å²) < 4.78 is 1.86. The number of rotatable bonds is 2. The van der Waals surface area contributed by atoms with E-state index < -0.39 is 0 Å². The molecule has 1 aromatic heterocycles. The number of nitrogens with one attached hydrogen (secondary N) is 1. The van der Waals surface area contributed by atoms with Crippen LogP contribution in [0.25, 0.3) is 0 Å². The highest BCUT2D eigenvalue weighted by Gasteiger charge is 2.36. The molecule has 1 aliphatic heterocycles. The number of hydrogen-bond donors (Lipinski definition) is 1. The van der Waals surface area contributed by atoms with Crippen LogP contribution < -0.4 is 5.32 Å². The van der Waals surface area contributed by atoms with Crippen LogP contribution in [0.15, 0.2) is 0 Å². The van der Waals surface area contributed by atoms with Gasteiger partial charge in [-0.2, -0.15) is 0 Å². The van der Waals surface area contributed by atoms with Crippen molar-refractivity contribution in [2.45, 2.75) is 71.9 Å². The molecule has 1 aromatic rings. The molecule has 22 heavy (non-hydrogen) atoms. The monoisotopic (exact) mass is 305 g/mol. The lowest BCUT2D eigenvalue weighted by molar-refractivity contribution is -0.128. The summed E-state index contributed by atoms with van der Waals surface area (Å²) in [5.41, 5.74) is 0.279. The highest BCUT2D eigenvalue weighted by molar-refractivity contribution is 5.79. The first-order valence-corrected chi connectivity index (χ1v) is 8.48. The van der Waals surface area contributed by atoms with Gasteiger partial charge in [0.05, 0.1) is 0 Å². The Morgan fingerprint density at radius 3 is 2.91 bits per heavy atom. The van der Waals surface area contributed by atoms with Gasteiger partial charge >= 0.3 is 0 Å². The van der Waals surface area contributed by atoms with E-state index in [9.17, 15) is 4.79 Å². The summed E-state index contributed by atoms with van der Waals surface area (Å²) >= 11 is 0. The second kappa shape index (κ2) is 5.97. The summed E-state index contributed by atoms with van der Waals surface area (Å²) in [5.74, 6) is 1.98.